The monoisotopic (exact) mass is 391 g/mol. The van der Waals surface area contributed by atoms with Crippen LogP contribution in [0.25, 0.3) is 0 Å². The zero-order valence-electron chi connectivity index (χ0n) is 16.1. The number of carbonyl (C=O) groups excluding carboxylic acids is 3. The van der Waals surface area contributed by atoms with E-state index in [0.717, 1.165) is 18.4 Å². The molecule has 1 aromatic carbocycles. The van der Waals surface area contributed by atoms with Crippen LogP contribution in [-0.2, 0) is 29.3 Å². The second kappa shape index (κ2) is 8.71. The Balaban J connectivity index is 1.57. The van der Waals surface area contributed by atoms with Gasteiger partial charge in [0.05, 0.1) is 18.4 Å². The Labute approximate surface area is 164 Å². The van der Waals surface area contributed by atoms with E-state index < -0.39 is 11.4 Å². The minimum absolute atomic E-state index is 0.183. The number of likely N-dealkylation sites (tertiary alicyclic amines) is 1. The molecule has 0 N–H and O–H groups in total. The van der Waals surface area contributed by atoms with Gasteiger partial charge in [0.2, 0.25) is 0 Å². The first kappa shape index (κ1) is 20.3. The largest absolute Gasteiger partial charge is 0.469 e. The number of amides is 1. The van der Waals surface area contributed by atoms with Gasteiger partial charge in [0.15, 0.2) is 6.61 Å². The van der Waals surface area contributed by atoms with Gasteiger partial charge < -0.3 is 14.4 Å². The number of nitrogens with zero attached hydrogens (tertiary/aromatic N) is 1. The topological polar surface area (TPSA) is 72.9 Å². The van der Waals surface area contributed by atoms with Gasteiger partial charge in [-0.25, -0.2) is 4.39 Å². The molecule has 6 nitrogen and oxygen atoms in total. The van der Waals surface area contributed by atoms with Gasteiger partial charge in [-0.1, -0.05) is 25.0 Å². The molecule has 7 heteroatoms. The molecule has 1 aliphatic carbocycles. The van der Waals surface area contributed by atoms with Gasteiger partial charge in [0.25, 0.3) is 5.91 Å². The molecular formula is C21H26FNO5. The third-order valence-electron chi connectivity index (χ3n) is 5.95. The van der Waals surface area contributed by atoms with Crippen LogP contribution in [0.4, 0.5) is 4.39 Å². The first-order chi connectivity index (χ1) is 13.5. The standard InChI is InChI=1S/C21H26FNO5/c1-27-19(25)15-8-12-23(13-9-15)18(24)14-28-20(26)21(10-2-3-11-21)16-4-6-17(22)7-5-16/h4-7,15H,2-3,8-14H2,1H3. The molecule has 1 aliphatic heterocycles. The van der Waals surface area contributed by atoms with Crippen molar-refractivity contribution in [2.75, 3.05) is 26.8 Å². The van der Waals surface area contributed by atoms with Crippen LogP contribution in [0.3, 0.4) is 0 Å². The zero-order chi connectivity index (χ0) is 20.1. The lowest BCUT2D eigenvalue weighted by Gasteiger charge is -2.31. The van der Waals surface area contributed by atoms with Crippen molar-refractivity contribution >= 4 is 17.8 Å². The second-order valence-electron chi connectivity index (χ2n) is 7.55. The SMILES string of the molecule is COC(=O)C1CCN(C(=O)COC(=O)C2(c3ccc(F)cc3)CCCC2)CC1. The average Bonchev–Trinajstić information content (AvgIpc) is 3.23. The van der Waals surface area contributed by atoms with Crippen molar-refractivity contribution < 1.29 is 28.2 Å². The number of hydrogen-bond acceptors (Lipinski definition) is 5. The molecule has 0 bridgehead atoms. The third-order valence-corrected chi connectivity index (χ3v) is 5.95. The summed E-state index contributed by atoms with van der Waals surface area (Å²) in [5.41, 5.74) is -0.0611. The summed E-state index contributed by atoms with van der Waals surface area (Å²) in [5, 5.41) is 0. The molecule has 0 spiro atoms. The van der Waals surface area contributed by atoms with Gasteiger partial charge in [0, 0.05) is 13.1 Å². The van der Waals surface area contributed by atoms with Crippen molar-refractivity contribution in [2.24, 2.45) is 5.92 Å². The quantitative estimate of drug-likeness (QED) is 0.722. The molecule has 1 saturated carbocycles. The fraction of sp³-hybridized carbons (Fsp3) is 0.571. The van der Waals surface area contributed by atoms with Crippen molar-refractivity contribution in [3.05, 3.63) is 35.6 Å². The van der Waals surface area contributed by atoms with Crippen LogP contribution >= 0.6 is 0 Å². The summed E-state index contributed by atoms with van der Waals surface area (Å²) in [6.45, 7) is 0.573. The summed E-state index contributed by atoms with van der Waals surface area (Å²) >= 11 is 0. The predicted molar refractivity (Wildman–Crippen MR) is 98.8 cm³/mol. The molecular weight excluding hydrogens is 365 g/mol. The van der Waals surface area contributed by atoms with E-state index in [0.29, 0.717) is 38.8 Å². The summed E-state index contributed by atoms with van der Waals surface area (Å²) in [4.78, 5) is 38.5. The van der Waals surface area contributed by atoms with Gasteiger partial charge >= 0.3 is 11.9 Å². The van der Waals surface area contributed by atoms with Crippen LogP contribution in [0.1, 0.15) is 44.1 Å². The maximum atomic E-state index is 13.3. The van der Waals surface area contributed by atoms with E-state index in [1.165, 1.54) is 19.2 Å². The van der Waals surface area contributed by atoms with Crippen LogP contribution in [0, 0.1) is 11.7 Å². The molecule has 0 unspecified atom stereocenters. The average molecular weight is 391 g/mol. The number of rotatable bonds is 5. The molecule has 0 aromatic heterocycles. The van der Waals surface area contributed by atoms with Gasteiger partial charge in [-0.3, -0.25) is 14.4 Å². The van der Waals surface area contributed by atoms with Crippen LogP contribution in [0.15, 0.2) is 24.3 Å². The smallest absolute Gasteiger partial charge is 0.317 e. The highest BCUT2D eigenvalue weighted by Crippen LogP contribution is 2.42. The van der Waals surface area contributed by atoms with Crippen LogP contribution < -0.4 is 0 Å². The lowest BCUT2D eigenvalue weighted by Crippen LogP contribution is -2.43. The van der Waals surface area contributed by atoms with Crippen LogP contribution in [0.2, 0.25) is 0 Å². The van der Waals surface area contributed by atoms with E-state index in [1.54, 1.807) is 17.0 Å². The number of ether oxygens (including phenoxy) is 2. The molecule has 2 fully saturated rings. The Morgan fingerprint density at radius 1 is 1.11 bits per heavy atom. The fourth-order valence-corrected chi connectivity index (χ4v) is 4.25. The Morgan fingerprint density at radius 2 is 1.71 bits per heavy atom. The molecule has 1 amide bonds. The summed E-state index contributed by atoms with van der Waals surface area (Å²) in [6.07, 6.45) is 4.15. The highest BCUT2D eigenvalue weighted by molar-refractivity contribution is 5.87. The second-order valence-corrected chi connectivity index (χ2v) is 7.55. The van der Waals surface area contributed by atoms with E-state index in [2.05, 4.69) is 0 Å². The van der Waals surface area contributed by atoms with Crippen LogP contribution in [0.5, 0.6) is 0 Å². The normalized spacial score (nSPS) is 19.3. The molecule has 0 atom stereocenters. The Bertz CT molecular complexity index is 719. The molecule has 0 radical (unpaired) electrons. The van der Waals surface area contributed by atoms with E-state index in [1.807, 2.05) is 0 Å². The molecule has 1 aromatic rings. The summed E-state index contributed by atoms with van der Waals surface area (Å²) in [5.74, 6) is -1.47. The maximum absolute atomic E-state index is 13.3. The predicted octanol–water partition coefficient (Wildman–Crippen LogP) is 2.59. The number of methoxy groups -OCH3 is 1. The van der Waals surface area contributed by atoms with Crippen molar-refractivity contribution in [3.63, 3.8) is 0 Å². The highest BCUT2D eigenvalue weighted by Gasteiger charge is 2.44. The van der Waals surface area contributed by atoms with Gasteiger partial charge in [-0.15, -0.1) is 0 Å². The highest BCUT2D eigenvalue weighted by atomic mass is 19.1. The van der Waals surface area contributed by atoms with Crippen molar-refractivity contribution in [1.82, 2.24) is 4.90 Å². The molecule has 1 saturated heterocycles. The van der Waals surface area contributed by atoms with E-state index in [-0.39, 0.29) is 30.2 Å². The van der Waals surface area contributed by atoms with E-state index >= 15 is 0 Å². The Morgan fingerprint density at radius 3 is 2.29 bits per heavy atom. The molecule has 1 heterocycles. The molecule has 3 rings (SSSR count). The fourth-order valence-electron chi connectivity index (χ4n) is 4.25. The molecule has 28 heavy (non-hydrogen) atoms. The van der Waals surface area contributed by atoms with E-state index in [4.69, 9.17) is 9.47 Å². The van der Waals surface area contributed by atoms with Crippen LogP contribution in [-0.4, -0.2) is 49.6 Å². The molecule has 152 valence electrons. The lowest BCUT2D eigenvalue weighted by molar-refractivity contribution is -0.158. The number of benzene rings is 1. The maximum Gasteiger partial charge on any atom is 0.317 e. The van der Waals surface area contributed by atoms with Gasteiger partial charge in [-0.05, 0) is 43.4 Å². The molecule has 2 aliphatic rings. The van der Waals surface area contributed by atoms with Gasteiger partial charge in [-0.2, -0.15) is 0 Å². The van der Waals surface area contributed by atoms with Crippen molar-refractivity contribution in [3.8, 4) is 0 Å². The first-order valence-corrected chi connectivity index (χ1v) is 9.75. The number of hydrogen-bond donors (Lipinski definition) is 0. The number of esters is 2. The number of piperidine rings is 1. The third kappa shape index (κ3) is 4.18. The van der Waals surface area contributed by atoms with Crippen molar-refractivity contribution in [2.45, 2.75) is 43.9 Å². The number of halogens is 1. The Kier molecular flexibility index (Phi) is 6.31. The first-order valence-electron chi connectivity index (χ1n) is 9.75. The summed E-state index contributed by atoms with van der Waals surface area (Å²) in [7, 11) is 1.36. The minimum atomic E-state index is -0.800. The van der Waals surface area contributed by atoms with E-state index in [9.17, 15) is 18.8 Å². The minimum Gasteiger partial charge on any atom is -0.469 e. The van der Waals surface area contributed by atoms with Crippen molar-refractivity contribution in [1.29, 1.82) is 0 Å². The Hall–Kier alpha value is -2.44. The summed E-state index contributed by atoms with van der Waals surface area (Å²) < 4.78 is 23.4. The zero-order valence-corrected chi connectivity index (χ0v) is 16.1. The van der Waals surface area contributed by atoms with Gasteiger partial charge in [0.1, 0.15) is 5.82 Å². The lowest BCUT2D eigenvalue weighted by atomic mass is 9.79. The summed E-state index contributed by atoms with van der Waals surface area (Å²) in [6, 6.07) is 5.95. The number of carbonyl (C=O) groups is 3.